The van der Waals surface area contributed by atoms with E-state index in [1.165, 1.54) is 51.7 Å². The molecule has 1 N–H and O–H groups in total. The molecule has 0 radical (unpaired) electrons. The molecule has 0 amide bonds. The fourth-order valence-corrected chi connectivity index (χ4v) is 3.31. The molecule has 3 rings (SSSR count). The molecule has 0 spiro atoms. The fourth-order valence-electron chi connectivity index (χ4n) is 3.31. The van der Waals surface area contributed by atoms with Crippen molar-refractivity contribution in [2.75, 3.05) is 26.2 Å². The summed E-state index contributed by atoms with van der Waals surface area (Å²) in [6.07, 6.45) is 6.66. The van der Waals surface area contributed by atoms with E-state index in [-0.39, 0.29) is 0 Å². The van der Waals surface area contributed by atoms with Gasteiger partial charge in [-0.1, -0.05) is 30.7 Å². The lowest BCUT2D eigenvalue weighted by atomic mass is 10.1. The molecule has 0 atom stereocenters. The Bertz CT molecular complexity index is 357. The molecule has 0 aromatic heterocycles. The van der Waals surface area contributed by atoms with Crippen LogP contribution in [0.15, 0.2) is 24.3 Å². The van der Waals surface area contributed by atoms with Gasteiger partial charge in [0.15, 0.2) is 0 Å². The molecule has 0 bridgehead atoms. The summed E-state index contributed by atoms with van der Waals surface area (Å²) in [5.74, 6) is 0. The van der Waals surface area contributed by atoms with Crippen LogP contribution < -0.4 is 5.32 Å². The molecule has 0 unspecified atom stereocenters. The summed E-state index contributed by atoms with van der Waals surface area (Å²) in [6, 6.07) is 9.56. The van der Waals surface area contributed by atoms with E-state index >= 15 is 0 Å². The third kappa shape index (κ3) is 2.93. The Morgan fingerprint density at radius 3 is 2.33 bits per heavy atom. The van der Waals surface area contributed by atoms with Gasteiger partial charge in [-0.15, -0.1) is 0 Å². The number of piperidine rings is 1. The molecule has 2 aliphatic rings. The zero-order chi connectivity index (χ0) is 12.2. The van der Waals surface area contributed by atoms with Crippen LogP contribution in [-0.4, -0.2) is 37.1 Å². The monoisotopic (exact) mass is 244 g/mol. The summed E-state index contributed by atoms with van der Waals surface area (Å²) < 4.78 is 0. The molecule has 18 heavy (non-hydrogen) atoms. The molecule has 0 saturated carbocycles. The smallest absolute Gasteiger partial charge is 0.0149 e. The molecule has 1 heterocycles. The number of likely N-dealkylation sites (tertiary alicyclic amines) is 1. The summed E-state index contributed by atoms with van der Waals surface area (Å²) >= 11 is 0. The average molecular weight is 244 g/mol. The predicted molar refractivity (Wildman–Crippen MR) is 75.9 cm³/mol. The van der Waals surface area contributed by atoms with Crippen molar-refractivity contribution in [1.82, 2.24) is 10.2 Å². The van der Waals surface area contributed by atoms with Gasteiger partial charge in [0, 0.05) is 19.1 Å². The quantitative estimate of drug-likeness (QED) is 0.874. The van der Waals surface area contributed by atoms with E-state index in [0.29, 0.717) is 6.04 Å². The standard InChI is InChI=1S/C16H24N2/c1-4-9-18(10-5-1)11-8-17-16-12-14-6-2-3-7-15(14)13-16/h2-3,6-7,16-17H,1,4-5,8-13H2. The Morgan fingerprint density at radius 2 is 1.67 bits per heavy atom. The van der Waals surface area contributed by atoms with Crippen LogP contribution in [0.5, 0.6) is 0 Å². The lowest BCUT2D eigenvalue weighted by Crippen LogP contribution is -2.39. The zero-order valence-corrected chi connectivity index (χ0v) is 11.2. The molecule has 2 nitrogen and oxygen atoms in total. The van der Waals surface area contributed by atoms with Crippen molar-refractivity contribution in [1.29, 1.82) is 0 Å². The largest absolute Gasteiger partial charge is 0.312 e. The van der Waals surface area contributed by atoms with Crippen LogP contribution in [0.25, 0.3) is 0 Å². The van der Waals surface area contributed by atoms with E-state index in [9.17, 15) is 0 Å². The summed E-state index contributed by atoms with van der Waals surface area (Å²) in [5, 5.41) is 3.73. The summed E-state index contributed by atoms with van der Waals surface area (Å²) in [5.41, 5.74) is 3.10. The van der Waals surface area contributed by atoms with Gasteiger partial charge in [-0.3, -0.25) is 0 Å². The van der Waals surface area contributed by atoms with Crippen molar-refractivity contribution in [2.24, 2.45) is 0 Å². The Hall–Kier alpha value is -0.860. The van der Waals surface area contributed by atoms with E-state index in [4.69, 9.17) is 0 Å². The van der Waals surface area contributed by atoms with Gasteiger partial charge in [0.05, 0.1) is 0 Å². The number of rotatable bonds is 4. The van der Waals surface area contributed by atoms with Gasteiger partial charge in [-0.05, 0) is 49.9 Å². The molecule has 1 aromatic carbocycles. The minimum absolute atomic E-state index is 0.673. The highest BCUT2D eigenvalue weighted by Crippen LogP contribution is 2.21. The Morgan fingerprint density at radius 1 is 1.00 bits per heavy atom. The van der Waals surface area contributed by atoms with Gasteiger partial charge in [0.25, 0.3) is 0 Å². The molecule has 1 saturated heterocycles. The van der Waals surface area contributed by atoms with Crippen LogP contribution >= 0.6 is 0 Å². The maximum atomic E-state index is 3.73. The first-order valence-corrected chi connectivity index (χ1v) is 7.44. The number of nitrogens with one attached hydrogen (secondary N) is 1. The first-order valence-electron chi connectivity index (χ1n) is 7.44. The maximum Gasteiger partial charge on any atom is 0.0149 e. The first-order chi connectivity index (χ1) is 8.92. The van der Waals surface area contributed by atoms with Crippen LogP contribution in [0, 0.1) is 0 Å². The SMILES string of the molecule is c1ccc2c(c1)CC(NCCN1CCCCC1)C2. The molecule has 1 fully saturated rings. The first kappa shape index (κ1) is 12.2. The van der Waals surface area contributed by atoms with Crippen molar-refractivity contribution < 1.29 is 0 Å². The second-order valence-electron chi connectivity index (χ2n) is 5.73. The van der Waals surface area contributed by atoms with E-state index in [1.54, 1.807) is 11.1 Å². The van der Waals surface area contributed by atoms with Crippen LogP contribution in [0.1, 0.15) is 30.4 Å². The van der Waals surface area contributed by atoms with Gasteiger partial charge >= 0.3 is 0 Å². The molecule has 2 heteroatoms. The van der Waals surface area contributed by atoms with Gasteiger partial charge in [-0.2, -0.15) is 0 Å². The fraction of sp³-hybridized carbons (Fsp3) is 0.625. The molecular formula is C16H24N2. The van der Waals surface area contributed by atoms with E-state index in [0.717, 1.165) is 6.54 Å². The van der Waals surface area contributed by atoms with Crippen molar-refractivity contribution in [3.05, 3.63) is 35.4 Å². The average Bonchev–Trinajstić information content (AvgIpc) is 2.82. The van der Waals surface area contributed by atoms with Crippen molar-refractivity contribution in [3.63, 3.8) is 0 Å². The van der Waals surface area contributed by atoms with Crippen molar-refractivity contribution in [2.45, 2.75) is 38.1 Å². The highest BCUT2D eigenvalue weighted by atomic mass is 15.1. The Kier molecular flexibility index (Phi) is 3.96. The normalized spacial score (nSPS) is 21.1. The van der Waals surface area contributed by atoms with E-state index in [2.05, 4.69) is 34.5 Å². The molecular weight excluding hydrogens is 220 g/mol. The van der Waals surface area contributed by atoms with Crippen LogP contribution in [0.2, 0.25) is 0 Å². The lowest BCUT2D eigenvalue weighted by Gasteiger charge is -2.27. The topological polar surface area (TPSA) is 15.3 Å². The molecule has 1 aromatic rings. The zero-order valence-electron chi connectivity index (χ0n) is 11.2. The van der Waals surface area contributed by atoms with Crippen LogP contribution in [-0.2, 0) is 12.8 Å². The Balaban J connectivity index is 1.40. The van der Waals surface area contributed by atoms with Gasteiger partial charge in [-0.25, -0.2) is 0 Å². The van der Waals surface area contributed by atoms with Gasteiger partial charge in [0.2, 0.25) is 0 Å². The Labute approximate surface area is 110 Å². The highest BCUT2D eigenvalue weighted by molar-refractivity contribution is 5.33. The molecule has 98 valence electrons. The third-order valence-corrected chi connectivity index (χ3v) is 4.36. The predicted octanol–water partition coefficient (Wildman–Crippen LogP) is 2.23. The minimum atomic E-state index is 0.673. The van der Waals surface area contributed by atoms with Crippen molar-refractivity contribution >= 4 is 0 Å². The second-order valence-corrected chi connectivity index (χ2v) is 5.73. The van der Waals surface area contributed by atoms with Crippen LogP contribution in [0.4, 0.5) is 0 Å². The summed E-state index contributed by atoms with van der Waals surface area (Å²) in [6.45, 7) is 5.00. The van der Waals surface area contributed by atoms with Crippen molar-refractivity contribution in [3.8, 4) is 0 Å². The molecule has 1 aliphatic carbocycles. The lowest BCUT2D eigenvalue weighted by molar-refractivity contribution is 0.226. The minimum Gasteiger partial charge on any atom is -0.312 e. The summed E-state index contributed by atoms with van der Waals surface area (Å²) in [4.78, 5) is 2.61. The maximum absolute atomic E-state index is 3.73. The highest BCUT2D eigenvalue weighted by Gasteiger charge is 2.20. The summed E-state index contributed by atoms with van der Waals surface area (Å²) in [7, 11) is 0. The van der Waals surface area contributed by atoms with Gasteiger partial charge < -0.3 is 10.2 Å². The van der Waals surface area contributed by atoms with E-state index in [1.807, 2.05) is 0 Å². The number of nitrogens with zero attached hydrogens (tertiary/aromatic N) is 1. The van der Waals surface area contributed by atoms with Crippen LogP contribution in [0.3, 0.4) is 0 Å². The second kappa shape index (κ2) is 5.85. The third-order valence-electron chi connectivity index (χ3n) is 4.36. The number of hydrogen-bond acceptors (Lipinski definition) is 2. The van der Waals surface area contributed by atoms with E-state index < -0.39 is 0 Å². The number of hydrogen-bond donors (Lipinski definition) is 1. The number of fused-ring (bicyclic) bond motifs is 1. The molecule has 1 aliphatic heterocycles. The van der Waals surface area contributed by atoms with Gasteiger partial charge in [0.1, 0.15) is 0 Å². The number of benzene rings is 1.